The summed E-state index contributed by atoms with van der Waals surface area (Å²) in [6.07, 6.45) is 0. The first-order chi connectivity index (χ1) is 10.6. The summed E-state index contributed by atoms with van der Waals surface area (Å²) in [5.41, 5.74) is 2.40. The highest BCUT2D eigenvalue weighted by Gasteiger charge is 2.15. The molecule has 1 amide bonds. The average molecular weight is 297 g/mol. The van der Waals surface area contributed by atoms with Crippen LogP contribution in [0.4, 0.5) is 0 Å². The van der Waals surface area contributed by atoms with Crippen LogP contribution in [0.15, 0.2) is 54.6 Å². The maximum Gasteiger partial charge on any atom is 0.338 e. The minimum Gasteiger partial charge on any atom is -0.462 e. The predicted molar refractivity (Wildman–Crippen MR) is 84.5 cm³/mol. The molecule has 0 bridgehead atoms. The Kier molecular flexibility index (Phi) is 5.31. The summed E-state index contributed by atoms with van der Waals surface area (Å²) in [6, 6.07) is 16.6. The van der Waals surface area contributed by atoms with Gasteiger partial charge in [-0.1, -0.05) is 42.5 Å². The number of carbonyl (C=O) groups excluding carboxylic acids is 2. The predicted octanol–water partition coefficient (Wildman–Crippen LogP) is 3.09. The highest BCUT2D eigenvalue weighted by Crippen LogP contribution is 2.22. The second kappa shape index (κ2) is 7.41. The van der Waals surface area contributed by atoms with Crippen LogP contribution in [-0.2, 0) is 9.53 Å². The zero-order valence-corrected chi connectivity index (χ0v) is 12.7. The Morgan fingerprint density at radius 3 is 2.14 bits per heavy atom. The first kappa shape index (κ1) is 15.8. The van der Waals surface area contributed by atoms with Gasteiger partial charge in [0.2, 0.25) is 5.91 Å². The maximum atomic E-state index is 11.7. The number of amides is 1. The van der Waals surface area contributed by atoms with Crippen molar-refractivity contribution in [2.75, 3.05) is 6.61 Å². The van der Waals surface area contributed by atoms with Crippen LogP contribution in [0.25, 0.3) is 0 Å². The molecule has 4 nitrogen and oxygen atoms in total. The normalized spacial score (nSPS) is 11.5. The summed E-state index contributed by atoms with van der Waals surface area (Å²) < 4.78 is 4.97. The molecule has 1 atom stereocenters. The van der Waals surface area contributed by atoms with Gasteiger partial charge in [-0.3, -0.25) is 4.79 Å². The smallest absolute Gasteiger partial charge is 0.338 e. The molecule has 114 valence electrons. The van der Waals surface area contributed by atoms with E-state index in [4.69, 9.17) is 4.74 Å². The van der Waals surface area contributed by atoms with Gasteiger partial charge in [0.1, 0.15) is 0 Å². The Hall–Kier alpha value is -2.62. The van der Waals surface area contributed by atoms with E-state index in [0.29, 0.717) is 12.2 Å². The van der Waals surface area contributed by atoms with Crippen LogP contribution in [0.1, 0.15) is 41.4 Å². The summed E-state index contributed by atoms with van der Waals surface area (Å²) in [5.74, 6) is -0.451. The standard InChI is InChI=1S/C18H19NO3/c1-3-22-18(21)16-11-9-15(10-12-16)17(19-13(2)20)14-7-5-4-6-8-14/h4-12,17H,3H2,1-2H3,(H,19,20). The Bertz CT molecular complexity index is 635. The van der Waals surface area contributed by atoms with E-state index in [-0.39, 0.29) is 17.9 Å². The van der Waals surface area contributed by atoms with E-state index in [2.05, 4.69) is 5.32 Å². The second-order valence-electron chi connectivity index (χ2n) is 4.89. The van der Waals surface area contributed by atoms with Crippen molar-refractivity contribution in [2.45, 2.75) is 19.9 Å². The largest absolute Gasteiger partial charge is 0.462 e. The van der Waals surface area contributed by atoms with Crippen LogP contribution in [0.2, 0.25) is 0 Å². The molecule has 0 heterocycles. The monoisotopic (exact) mass is 297 g/mol. The molecular weight excluding hydrogens is 278 g/mol. The first-order valence-electron chi connectivity index (χ1n) is 7.21. The summed E-state index contributed by atoms with van der Waals surface area (Å²) in [7, 11) is 0. The molecule has 0 fully saturated rings. The minimum atomic E-state index is -0.343. The Balaban J connectivity index is 2.28. The first-order valence-corrected chi connectivity index (χ1v) is 7.21. The van der Waals surface area contributed by atoms with Gasteiger partial charge in [0, 0.05) is 6.92 Å². The number of rotatable bonds is 5. The Morgan fingerprint density at radius 1 is 1.00 bits per heavy atom. The molecule has 0 aliphatic carbocycles. The van der Waals surface area contributed by atoms with E-state index in [0.717, 1.165) is 11.1 Å². The number of carbonyl (C=O) groups is 2. The molecule has 0 saturated heterocycles. The average Bonchev–Trinajstić information content (AvgIpc) is 2.54. The van der Waals surface area contributed by atoms with Gasteiger partial charge in [-0.15, -0.1) is 0 Å². The molecule has 0 spiro atoms. The lowest BCUT2D eigenvalue weighted by atomic mass is 9.97. The fourth-order valence-electron chi connectivity index (χ4n) is 2.23. The van der Waals surface area contributed by atoms with E-state index in [1.807, 2.05) is 42.5 Å². The van der Waals surface area contributed by atoms with Crippen LogP contribution < -0.4 is 5.32 Å². The highest BCUT2D eigenvalue weighted by molar-refractivity contribution is 5.89. The topological polar surface area (TPSA) is 55.4 Å². The van der Waals surface area contributed by atoms with Crippen molar-refractivity contribution in [3.8, 4) is 0 Å². The Morgan fingerprint density at radius 2 is 1.59 bits per heavy atom. The third kappa shape index (κ3) is 3.95. The second-order valence-corrected chi connectivity index (χ2v) is 4.89. The molecule has 1 N–H and O–H groups in total. The zero-order chi connectivity index (χ0) is 15.9. The number of nitrogens with one attached hydrogen (secondary N) is 1. The molecule has 0 saturated carbocycles. The maximum absolute atomic E-state index is 11.7. The minimum absolute atomic E-state index is 0.108. The molecule has 2 aromatic rings. The SMILES string of the molecule is CCOC(=O)c1ccc(C(NC(C)=O)c2ccccc2)cc1. The van der Waals surface area contributed by atoms with Crippen LogP contribution in [0.5, 0.6) is 0 Å². The molecule has 0 aromatic heterocycles. The molecule has 0 aliphatic rings. The van der Waals surface area contributed by atoms with Gasteiger partial charge in [0.15, 0.2) is 0 Å². The van der Waals surface area contributed by atoms with E-state index in [1.165, 1.54) is 6.92 Å². The molecule has 4 heteroatoms. The van der Waals surface area contributed by atoms with Crippen LogP contribution in [0, 0.1) is 0 Å². The number of esters is 1. The number of hydrogen-bond donors (Lipinski definition) is 1. The van der Waals surface area contributed by atoms with Gasteiger partial charge < -0.3 is 10.1 Å². The highest BCUT2D eigenvalue weighted by atomic mass is 16.5. The lowest BCUT2D eigenvalue weighted by Crippen LogP contribution is -2.26. The van der Waals surface area contributed by atoms with Gasteiger partial charge >= 0.3 is 5.97 Å². The van der Waals surface area contributed by atoms with E-state index >= 15 is 0 Å². The third-order valence-corrected chi connectivity index (χ3v) is 3.24. The lowest BCUT2D eigenvalue weighted by molar-refractivity contribution is -0.119. The van der Waals surface area contributed by atoms with Gasteiger partial charge in [0.25, 0.3) is 0 Å². The summed E-state index contributed by atoms with van der Waals surface area (Å²) in [4.78, 5) is 23.2. The van der Waals surface area contributed by atoms with Crippen molar-refractivity contribution >= 4 is 11.9 Å². The van der Waals surface area contributed by atoms with Crippen molar-refractivity contribution in [1.29, 1.82) is 0 Å². The molecule has 2 aromatic carbocycles. The van der Waals surface area contributed by atoms with Crippen LogP contribution in [0.3, 0.4) is 0 Å². The van der Waals surface area contributed by atoms with Crippen molar-refractivity contribution < 1.29 is 14.3 Å². The molecule has 1 unspecified atom stereocenters. The fraction of sp³-hybridized carbons (Fsp3) is 0.222. The number of ether oxygens (including phenoxy) is 1. The fourth-order valence-corrected chi connectivity index (χ4v) is 2.23. The van der Waals surface area contributed by atoms with Gasteiger partial charge in [-0.2, -0.15) is 0 Å². The van der Waals surface area contributed by atoms with Crippen molar-refractivity contribution in [3.05, 3.63) is 71.3 Å². The molecular formula is C18H19NO3. The van der Waals surface area contributed by atoms with Gasteiger partial charge in [0.05, 0.1) is 18.2 Å². The molecule has 0 radical (unpaired) electrons. The zero-order valence-electron chi connectivity index (χ0n) is 12.7. The van der Waals surface area contributed by atoms with Crippen molar-refractivity contribution in [2.24, 2.45) is 0 Å². The van der Waals surface area contributed by atoms with Gasteiger partial charge in [-0.25, -0.2) is 4.79 Å². The van der Waals surface area contributed by atoms with E-state index < -0.39 is 0 Å². The lowest BCUT2D eigenvalue weighted by Gasteiger charge is -2.19. The Labute approximate surface area is 130 Å². The number of benzene rings is 2. The summed E-state index contributed by atoms with van der Waals surface area (Å²) in [5, 5.41) is 2.93. The van der Waals surface area contributed by atoms with Crippen LogP contribution in [-0.4, -0.2) is 18.5 Å². The molecule has 0 aliphatic heterocycles. The third-order valence-electron chi connectivity index (χ3n) is 3.24. The summed E-state index contributed by atoms with van der Waals surface area (Å²) in [6.45, 7) is 3.61. The van der Waals surface area contributed by atoms with E-state index in [9.17, 15) is 9.59 Å². The van der Waals surface area contributed by atoms with Gasteiger partial charge in [-0.05, 0) is 30.2 Å². The van der Waals surface area contributed by atoms with E-state index in [1.54, 1.807) is 19.1 Å². The molecule has 22 heavy (non-hydrogen) atoms. The van der Waals surface area contributed by atoms with Crippen LogP contribution >= 0.6 is 0 Å². The number of hydrogen-bond acceptors (Lipinski definition) is 3. The van der Waals surface area contributed by atoms with Crippen molar-refractivity contribution in [1.82, 2.24) is 5.32 Å². The van der Waals surface area contributed by atoms with Crippen molar-refractivity contribution in [3.63, 3.8) is 0 Å². The summed E-state index contributed by atoms with van der Waals surface area (Å²) >= 11 is 0. The molecule has 2 rings (SSSR count). The quantitative estimate of drug-likeness (QED) is 0.863.